The van der Waals surface area contributed by atoms with E-state index < -0.39 is 11.8 Å². The Morgan fingerprint density at radius 1 is 1.29 bits per heavy atom. The highest BCUT2D eigenvalue weighted by atomic mass is 19.1. The molecule has 126 valence electrons. The van der Waals surface area contributed by atoms with Crippen LogP contribution >= 0.6 is 0 Å². The predicted molar refractivity (Wildman–Crippen MR) is 85.4 cm³/mol. The second kappa shape index (κ2) is 6.86. The summed E-state index contributed by atoms with van der Waals surface area (Å²) < 4.78 is 18.2. The van der Waals surface area contributed by atoms with Crippen molar-refractivity contribution in [3.63, 3.8) is 0 Å². The molecule has 1 heterocycles. The van der Waals surface area contributed by atoms with Crippen LogP contribution in [0.15, 0.2) is 47.1 Å². The lowest BCUT2D eigenvalue weighted by Gasteiger charge is -2.14. The summed E-state index contributed by atoms with van der Waals surface area (Å²) in [5.74, 6) is -0.632. The summed E-state index contributed by atoms with van der Waals surface area (Å²) in [5, 5.41) is 2.79. The van der Waals surface area contributed by atoms with Crippen LogP contribution in [0.1, 0.15) is 23.7 Å². The molecule has 3 atom stereocenters. The number of halogens is 1. The highest BCUT2D eigenvalue weighted by Gasteiger charge is 2.45. The van der Waals surface area contributed by atoms with Gasteiger partial charge in [0.05, 0.1) is 12.2 Å². The van der Waals surface area contributed by atoms with E-state index in [2.05, 4.69) is 5.32 Å². The topological polar surface area (TPSA) is 85.3 Å². The minimum Gasteiger partial charge on any atom is -0.469 e. The molecule has 1 aromatic carbocycles. The molecule has 1 saturated carbocycles. The van der Waals surface area contributed by atoms with Gasteiger partial charge < -0.3 is 15.5 Å². The van der Waals surface area contributed by atoms with Crippen molar-refractivity contribution in [1.29, 1.82) is 0 Å². The van der Waals surface area contributed by atoms with Crippen molar-refractivity contribution in [2.24, 2.45) is 17.6 Å². The molecule has 6 heteroatoms. The summed E-state index contributed by atoms with van der Waals surface area (Å²) in [4.78, 5) is 23.8. The van der Waals surface area contributed by atoms with Crippen LogP contribution in [0.4, 0.5) is 4.39 Å². The number of primary amides is 1. The molecule has 0 aliphatic heterocycles. The maximum atomic E-state index is 12.9. The zero-order valence-corrected chi connectivity index (χ0v) is 13.1. The van der Waals surface area contributed by atoms with Gasteiger partial charge in [-0.2, -0.15) is 0 Å². The number of rotatable bonds is 7. The Bertz CT molecular complexity index is 712. The Labute approximate surface area is 139 Å². The summed E-state index contributed by atoms with van der Waals surface area (Å²) >= 11 is 0. The molecular formula is C18H19FN2O3. The van der Waals surface area contributed by atoms with Gasteiger partial charge in [-0.3, -0.25) is 9.59 Å². The van der Waals surface area contributed by atoms with Gasteiger partial charge in [-0.25, -0.2) is 4.39 Å². The summed E-state index contributed by atoms with van der Waals surface area (Å²) in [6.45, 7) is 0.174. The molecular weight excluding hydrogens is 311 g/mol. The van der Waals surface area contributed by atoms with E-state index in [-0.39, 0.29) is 30.1 Å². The molecule has 5 nitrogen and oxygen atoms in total. The van der Waals surface area contributed by atoms with Crippen LogP contribution in [0.5, 0.6) is 0 Å². The van der Waals surface area contributed by atoms with Crippen molar-refractivity contribution >= 4 is 11.8 Å². The van der Waals surface area contributed by atoms with Crippen LogP contribution < -0.4 is 11.1 Å². The summed E-state index contributed by atoms with van der Waals surface area (Å²) in [6, 6.07) is 9.56. The van der Waals surface area contributed by atoms with Crippen LogP contribution in [-0.4, -0.2) is 18.4 Å². The van der Waals surface area contributed by atoms with Crippen molar-refractivity contribution in [3.05, 3.63) is 59.8 Å². The van der Waals surface area contributed by atoms with Gasteiger partial charge in [0.15, 0.2) is 0 Å². The SMILES string of the molecule is NC(=O)C(CNC(=O)C1CC1c1ccco1)Cc1ccc(F)cc1. The van der Waals surface area contributed by atoms with Gasteiger partial charge in [-0.1, -0.05) is 12.1 Å². The lowest BCUT2D eigenvalue weighted by atomic mass is 9.98. The highest BCUT2D eigenvalue weighted by molar-refractivity contribution is 5.84. The van der Waals surface area contributed by atoms with E-state index in [0.29, 0.717) is 6.42 Å². The Hall–Kier alpha value is -2.63. The average Bonchev–Trinajstić information content (AvgIpc) is 3.18. The first-order valence-electron chi connectivity index (χ1n) is 7.89. The quantitative estimate of drug-likeness (QED) is 0.814. The number of carbonyl (C=O) groups is 2. The summed E-state index contributed by atoms with van der Waals surface area (Å²) in [5.41, 5.74) is 6.22. The third-order valence-electron chi connectivity index (χ3n) is 4.36. The van der Waals surface area contributed by atoms with Crippen LogP contribution in [0.25, 0.3) is 0 Å². The molecule has 3 unspecified atom stereocenters. The molecule has 2 amide bonds. The second-order valence-electron chi connectivity index (χ2n) is 6.14. The number of nitrogens with one attached hydrogen (secondary N) is 1. The van der Waals surface area contributed by atoms with Gasteiger partial charge >= 0.3 is 0 Å². The predicted octanol–water partition coefficient (Wildman–Crippen LogP) is 1.98. The third-order valence-corrected chi connectivity index (χ3v) is 4.36. The lowest BCUT2D eigenvalue weighted by Crippen LogP contribution is -2.38. The van der Waals surface area contributed by atoms with Crippen LogP contribution in [0.2, 0.25) is 0 Å². The molecule has 1 aliphatic carbocycles. The Morgan fingerprint density at radius 2 is 2.04 bits per heavy atom. The van der Waals surface area contributed by atoms with Crippen molar-refractivity contribution in [3.8, 4) is 0 Å². The van der Waals surface area contributed by atoms with E-state index in [9.17, 15) is 14.0 Å². The normalized spacial score (nSPS) is 20.4. The van der Waals surface area contributed by atoms with Crippen molar-refractivity contribution in [2.75, 3.05) is 6.54 Å². The van der Waals surface area contributed by atoms with Crippen molar-refractivity contribution in [1.82, 2.24) is 5.32 Å². The molecule has 0 saturated heterocycles. The van der Waals surface area contributed by atoms with Gasteiger partial charge in [0.25, 0.3) is 0 Å². The Balaban J connectivity index is 1.52. The molecule has 0 spiro atoms. The molecule has 1 fully saturated rings. The fraction of sp³-hybridized carbons (Fsp3) is 0.333. The largest absolute Gasteiger partial charge is 0.469 e. The van der Waals surface area contributed by atoms with Gasteiger partial charge in [0.2, 0.25) is 11.8 Å². The minimum absolute atomic E-state index is 0.0956. The number of benzene rings is 1. The molecule has 0 radical (unpaired) electrons. The van der Waals surface area contributed by atoms with Crippen LogP contribution in [0.3, 0.4) is 0 Å². The fourth-order valence-electron chi connectivity index (χ4n) is 2.83. The van der Waals surface area contributed by atoms with Gasteiger partial charge in [0.1, 0.15) is 11.6 Å². The monoisotopic (exact) mass is 330 g/mol. The fourth-order valence-corrected chi connectivity index (χ4v) is 2.83. The van der Waals surface area contributed by atoms with E-state index in [0.717, 1.165) is 17.7 Å². The Kier molecular flexibility index (Phi) is 4.64. The first-order valence-corrected chi connectivity index (χ1v) is 7.89. The van der Waals surface area contributed by atoms with Crippen molar-refractivity contribution < 1.29 is 18.4 Å². The average molecular weight is 330 g/mol. The molecule has 2 aromatic rings. The van der Waals surface area contributed by atoms with Gasteiger partial charge in [-0.15, -0.1) is 0 Å². The number of nitrogens with two attached hydrogens (primary N) is 1. The van der Waals surface area contributed by atoms with E-state index in [1.165, 1.54) is 12.1 Å². The summed E-state index contributed by atoms with van der Waals surface area (Å²) in [7, 11) is 0. The van der Waals surface area contributed by atoms with Crippen molar-refractivity contribution in [2.45, 2.75) is 18.8 Å². The number of hydrogen-bond acceptors (Lipinski definition) is 3. The minimum atomic E-state index is -0.528. The maximum Gasteiger partial charge on any atom is 0.223 e. The smallest absolute Gasteiger partial charge is 0.223 e. The first kappa shape index (κ1) is 16.2. The molecule has 24 heavy (non-hydrogen) atoms. The highest BCUT2D eigenvalue weighted by Crippen LogP contribution is 2.47. The Morgan fingerprint density at radius 3 is 2.67 bits per heavy atom. The molecule has 3 N–H and O–H groups in total. The van der Waals surface area contributed by atoms with Crippen LogP contribution in [0, 0.1) is 17.7 Å². The second-order valence-corrected chi connectivity index (χ2v) is 6.14. The van der Waals surface area contributed by atoms with E-state index >= 15 is 0 Å². The summed E-state index contributed by atoms with van der Waals surface area (Å²) in [6.07, 6.45) is 2.70. The zero-order valence-electron chi connectivity index (χ0n) is 13.1. The van der Waals surface area contributed by atoms with E-state index in [1.54, 1.807) is 24.5 Å². The van der Waals surface area contributed by atoms with Gasteiger partial charge in [0, 0.05) is 18.4 Å². The maximum absolute atomic E-state index is 12.9. The molecule has 0 bridgehead atoms. The number of furan rings is 1. The number of amides is 2. The number of hydrogen-bond donors (Lipinski definition) is 2. The molecule has 1 aromatic heterocycles. The first-order chi connectivity index (χ1) is 11.5. The van der Waals surface area contributed by atoms with Crippen LogP contribution in [-0.2, 0) is 16.0 Å². The van der Waals surface area contributed by atoms with Gasteiger partial charge in [-0.05, 0) is 42.7 Å². The standard InChI is InChI=1S/C18H19FN2O3/c19-13-5-3-11(4-6-13)8-12(17(20)22)10-21-18(23)15-9-14(15)16-2-1-7-24-16/h1-7,12,14-15H,8-10H2,(H2,20,22)(H,21,23). The molecule has 1 aliphatic rings. The van der Waals surface area contributed by atoms with E-state index in [4.69, 9.17) is 10.2 Å². The lowest BCUT2D eigenvalue weighted by molar-refractivity contribution is -0.124. The molecule has 3 rings (SSSR count). The third kappa shape index (κ3) is 3.82. The number of carbonyl (C=O) groups excluding carboxylic acids is 2. The van der Waals surface area contributed by atoms with E-state index in [1.807, 2.05) is 6.07 Å². The zero-order chi connectivity index (χ0) is 17.1.